The molecule has 17 heavy (non-hydrogen) atoms. The van der Waals surface area contributed by atoms with Gasteiger partial charge in [0.05, 0.1) is 5.97 Å². The van der Waals surface area contributed by atoms with Gasteiger partial charge in [0.25, 0.3) is 0 Å². The van der Waals surface area contributed by atoms with E-state index in [4.69, 9.17) is 41.2 Å². The molecule has 104 valence electrons. The van der Waals surface area contributed by atoms with Crippen LogP contribution in [0.1, 0.15) is 0 Å². The molecule has 0 heterocycles. The van der Waals surface area contributed by atoms with Crippen LogP contribution in [0.3, 0.4) is 0 Å². The van der Waals surface area contributed by atoms with E-state index >= 15 is 0 Å². The minimum absolute atomic E-state index is 0. The Morgan fingerprint density at radius 2 is 1.00 bits per heavy atom. The van der Waals surface area contributed by atoms with Crippen molar-refractivity contribution in [3.05, 3.63) is 11.5 Å². The molecule has 2 radical (unpaired) electrons. The van der Waals surface area contributed by atoms with Crippen molar-refractivity contribution in [1.82, 2.24) is 0 Å². The molecule has 0 aliphatic carbocycles. The van der Waals surface area contributed by atoms with Gasteiger partial charge < -0.3 is 46.9 Å². The van der Waals surface area contributed by atoms with E-state index in [1.807, 2.05) is 0 Å². The second kappa shape index (κ2) is 24.5. The molecule has 0 atom stereocenters. The Morgan fingerprint density at radius 1 is 0.882 bits per heavy atom. The van der Waals surface area contributed by atoms with Crippen molar-refractivity contribution in [3.8, 4) is 0 Å². The zero-order chi connectivity index (χ0) is 12.9. The third-order valence-corrected chi connectivity index (χ3v) is 0.455. The summed E-state index contributed by atoms with van der Waals surface area (Å²) >= 11 is 0. The van der Waals surface area contributed by atoms with E-state index < -0.39 is 31.0 Å². The minimum atomic E-state index is -1.33. The molecular weight excluding hydrogens is 329 g/mol. The average Bonchev–Trinajstić information content (AvgIpc) is 2.19. The van der Waals surface area contributed by atoms with Crippen LogP contribution in [0.15, 0.2) is 0 Å². The predicted octanol–water partition coefficient (Wildman–Crippen LogP) is -4.73. The maximum atomic E-state index is 9.13. The molecule has 0 rings (SSSR count). The number of carbonyl (C=O) groups is 3. The smallest absolute Gasteiger partial charge is 0.673 e. The molecule has 0 unspecified atom stereocenters. The Bertz CT molecular complexity index is 173. The number of aliphatic carboxylic acids is 3. The van der Waals surface area contributed by atoms with Crippen LogP contribution in [0.4, 0.5) is 0 Å². The molecule has 9 nitrogen and oxygen atoms in total. The average molecular weight is 340 g/mol. The van der Waals surface area contributed by atoms with Gasteiger partial charge in [-0.25, -0.2) is 0 Å². The second-order valence-corrected chi connectivity index (χ2v) is 1.67. The first-order valence-electron chi connectivity index (χ1n) is 3.40. The molecule has 0 spiro atoms. The third kappa shape index (κ3) is 95.9. The number of hydrogen-bond donors (Lipinski definition) is 1. The van der Waals surface area contributed by atoms with Crippen molar-refractivity contribution < 1.29 is 63.8 Å². The topological polar surface area (TPSA) is 194 Å². The fourth-order valence-electron chi connectivity index (χ4n) is 0. The van der Waals surface area contributed by atoms with E-state index in [-0.39, 0.29) is 40.7 Å². The van der Waals surface area contributed by atoms with Crippen molar-refractivity contribution in [2.75, 3.05) is 19.6 Å². The van der Waals surface area contributed by atoms with Gasteiger partial charge in [-0.05, 0) is 0 Å². The molecule has 11 heteroatoms. The van der Waals surface area contributed by atoms with Crippen molar-refractivity contribution in [1.29, 1.82) is 0 Å². The zero-order valence-corrected chi connectivity index (χ0v) is 10.3. The van der Waals surface area contributed by atoms with Crippen molar-refractivity contribution in [3.63, 3.8) is 0 Å². The third-order valence-electron chi connectivity index (χ3n) is 0.455. The number of nitrogens with one attached hydrogen (secondary N) is 2. The largest absolute Gasteiger partial charge is 3.00 e. The van der Waals surface area contributed by atoms with E-state index in [9.17, 15) is 0 Å². The molecule has 0 aromatic rings. The predicted molar refractivity (Wildman–Crippen MR) is 42.5 cm³/mol. The number of carboxylic acid groups (broad SMARTS) is 3. The quantitative estimate of drug-likeness (QED) is 0.498. The first kappa shape index (κ1) is 29.9. The van der Waals surface area contributed by atoms with E-state index in [0.29, 0.717) is 0 Å². The molecule has 0 aliphatic rings. The van der Waals surface area contributed by atoms with E-state index in [0.717, 1.165) is 0 Å². The van der Waals surface area contributed by atoms with Crippen LogP contribution in [-0.4, -0.2) is 37.5 Å². The number of carbonyl (C=O) groups excluding carboxylic acids is 3. The zero-order valence-electron chi connectivity index (χ0n) is 8.30. The maximum Gasteiger partial charge on any atom is 3.00 e. The number of nitrogens with two attached hydrogens (primary N) is 1. The van der Waals surface area contributed by atoms with Gasteiger partial charge in [0.1, 0.15) is 0 Å². The first-order valence-corrected chi connectivity index (χ1v) is 3.40. The molecular formula is C6H10CuFeN3O6. The van der Waals surface area contributed by atoms with Crippen LogP contribution in [0.2, 0.25) is 0 Å². The number of hydrogen-bond acceptors (Lipinski definition) is 7. The summed E-state index contributed by atoms with van der Waals surface area (Å²) in [5.74, 6) is -3.87. The Hall–Kier alpha value is -0.671. The van der Waals surface area contributed by atoms with Gasteiger partial charge in [0.2, 0.25) is 0 Å². The molecule has 0 saturated carbocycles. The summed E-state index contributed by atoms with van der Waals surface area (Å²) < 4.78 is 0. The van der Waals surface area contributed by atoms with Crippen LogP contribution in [0.5, 0.6) is 0 Å². The summed E-state index contributed by atoms with van der Waals surface area (Å²) in [6.07, 6.45) is 0. The summed E-state index contributed by atoms with van der Waals surface area (Å²) in [6.45, 7) is -1.67. The summed E-state index contributed by atoms with van der Waals surface area (Å²) in [5.41, 5.74) is 16.5. The van der Waals surface area contributed by atoms with Crippen LogP contribution in [0, 0.1) is 0 Å². The van der Waals surface area contributed by atoms with Gasteiger partial charge in [-0.1, -0.05) is 0 Å². The molecule has 0 saturated heterocycles. The van der Waals surface area contributed by atoms with Crippen molar-refractivity contribution in [2.45, 2.75) is 0 Å². The van der Waals surface area contributed by atoms with Crippen LogP contribution < -0.4 is 21.1 Å². The Balaban J connectivity index is -0.0000000400. The normalized spacial score (nSPS) is 6.53. The van der Waals surface area contributed by atoms with Crippen LogP contribution >= 0.6 is 0 Å². The molecule has 0 aromatic heterocycles. The maximum absolute atomic E-state index is 9.13. The van der Waals surface area contributed by atoms with Crippen LogP contribution in [0.25, 0.3) is 11.5 Å². The summed E-state index contributed by atoms with van der Waals surface area (Å²) in [6, 6.07) is 0. The first-order chi connectivity index (χ1) is 6.81. The van der Waals surface area contributed by atoms with E-state index in [2.05, 4.69) is 5.73 Å². The second-order valence-electron chi connectivity index (χ2n) is 1.67. The minimum Gasteiger partial charge on any atom is -0.673 e. The Kier molecular flexibility index (Phi) is 43.1. The molecule has 0 bridgehead atoms. The standard InChI is InChI=1S/C2H5NO2.2C2H4NO2.Cu.Fe/c3*3-1-2(4)5;;/h1,3H2,(H,4,5);2*3H,1H2,(H,4,5);;/q;2*-1;+2;+3/p-3. The molecule has 0 aliphatic heterocycles. The molecule has 0 aromatic carbocycles. The van der Waals surface area contributed by atoms with Gasteiger partial charge >= 0.3 is 34.1 Å². The fourth-order valence-corrected chi connectivity index (χ4v) is 0. The van der Waals surface area contributed by atoms with Crippen molar-refractivity contribution in [2.24, 2.45) is 5.73 Å². The number of carboxylic acids is 3. The van der Waals surface area contributed by atoms with Gasteiger partial charge in [-0.15, -0.1) is 13.1 Å². The summed E-state index contributed by atoms with van der Waals surface area (Å²) in [7, 11) is 0. The van der Waals surface area contributed by atoms with E-state index in [1.54, 1.807) is 0 Å². The van der Waals surface area contributed by atoms with Crippen molar-refractivity contribution >= 4 is 17.9 Å². The number of rotatable bonds is 3. The van der Waals surface area contributed by atoms with Crippen LogP contribution in [-0.2, 0) is 48.5 Å². The van der Waals surface area contributed by atoms with Gasteiger partial charge in [-0.2, -0.15) is 0 Å². The molecule has 4 N–H and O–H groups in total. The molecule has 0 amide bonds. The SMILES string of the molecule is NCC(=O)[O-].[Cu+2].[Fe+3].[NH-]CC(=O)[O-].[NH-]CC(=O)[O-]. The Morgan fingerprint density at radius 3 is 1.00 bits per heavy atom. The molecule has 0 fully saturated rings. The van der Waals surface area contributed by atoms with Gasteiger partial charge in [0.15, 0.2) is 0 Å². The van der Waals surface area contributed by atoms with Gasteiger partial charge in [0, 0.05) is 18.5 Å². The van der Waals surface area contributed by atoms with E-state index in [1.165, 1.54) is 0 Å². The monoisotopic (exact) mass is 339 g/mol. The fraction of sp³-hybridized carbons (Fsp3) is 0.500. The summed E-state index contributed by atoms with van der Waals surface area (Å²) in [4.78, 5) is 27.3. The summed E-state index contributed by atoms with van der Waals surface area (Å²) in [5, 5.41) is 27.3. The Labute approximate surface area is 119 Å². The van der Waals surface area contributed by atoms with Gasteiger partial charge in [-0.3, -0.25) is 0 Å².